The number of carbonyl (C=O) groups excluding carboxylic acids is 1. The Morgan fingerprint density at radius 2 is 2.04 bits per heavy atom. The van der Waals surface area contributed by atoms with Crippen LogP contribution >= 0.6 is 22.9 Å². The Labute approximate surface area is 170 Å². The Kier molecular flexibility index (Phi) is 5.15. The Morgan fingerprint density at radius 1 is 1.25 bits per heavy atom. The van der Waals surface area contributed by atoms with Crippen molar-refractivity contribution >= 4 is 45.4 Å². The lowest BCUT2D eigenvalue weighted by Crippen LogP contribution is -2.31. The van der Waals surface area contributed by atoms with Crippen molar-refractivity contribution in [3.63, 3.8) is 0 Å². The maximum absolute atomic E-state index is 13.4. The summed E-state index contributed by atoms with van der Waals surface area (Å²) < 4.78 is 13.4. The normalized spacial score (nSPS) is 11.1. The van der Waals surface area contributed by atoms with Crippen molar-refractivity contribution in [1.29, 1.82) is 0 Å². The highest BCUT2D eigenvalue weighted by molar-refractivity contribution is 7.09. The zero-order chi connectivity index (χ0) is 19.7. The molecule has 0 aliphatic rings. The molecule has 2 aromatic heterocycles. The van der Waals surface area contributed by atoms with Crippen molar-refractivity contribution in [2.45, 2.75) is 19.9 Å². The van der Waals surface area contributed by atoms with Crippen LogP contribution in [0.4, 0.5) is 10.1 Å². The summed E-state index contributed by atoms with van der Waals surface area (Å²) in [7, 11) is 0. The van der Waals surface area contributed by atoms with Gasteiger partial charge in [-0.3, -0.25) is 4.79 Å². The number of hydrogen-bond acceptors (Lipinski definition) is 3. The van der Waals surface area contributed by atoms with Crippen LogP contribution in [0.2, 0.25) is 5.02 Å². The number of benzene rings is 2. The Bertz CT molecular complexity index is 1140. The minimum absolute atomic E-state index is 0.0897. The number of nitrogens with zero attached hydrogens (tertiary/aromatic N) is 2. The topological polar surface area (TPSA) is 49.0 Å². The Hall–Kier alpha value is -2.70. The van der Waals surface area contributed by atoms with Crippen LogP contribution in [0.5, 0.6) is 0 Å². The molecule has 0 radical (unpaired) electrons. The molecule has 4 nitrogen and oxygen atoms in total. The molecular formula is C21H17ClFN3OS. The highest BCUT2D eigenvalue weighted by Crippen LogP contribution is 2.25. The van der Waals surface area contributed by atoms with Gasteiger partial charge >= 0.3 is 0 Å². The van der Waals surface area contributed by atoms with Gasteiger partial charge in [-0.2, -0.15) is 0 Å². The van der Waals surface area contributed by atoms with E-state index in [9.17, 15) is 9.18 Å². The summed E-state index contributed by atoms with van der Waals surface area (Å²) >= 11 is 7.58. The zero-order valence-corrected chi connectivity index (χ0v) is 16.6. The second-order valence-corrected chi connectivity index (χ2v) is 7.99. The molecule has 0 aliphatic heterocycles. The van der Waals surface area contributed by atoms with Crippen LogP contribution in [0, 0.1) is 12.7 Å². The highest BCUT2D eigenvalue weighted by atomic mass is 35.5. The number of anilines is 1. The summed E-state index contributed by atoms with van der Waals surface area (Å²) in [5.74, 6) is -0.428. The van der Waals surface area contributed by atoms with Crippen molar-refractivity contribution in [1.82, 2.24) is 9.97 Å². The maximum Gasteiger partial charge on any atom is 0.231 e. The van der Waals surface area contributed by atoms with E-state index in [1.54, 1.807) is 17.0 Å². The minimum atomic E-state index is -0.339. The van der Waals surface area contributed by atoms with E-state index in [0.717, 1.165) is 27.2 Å². The summed E-state index contributed by atoms with van der Waals surface area (Å²) in [5.41, 5.74) is 3.22. The number of aromatic nitrogens is 2. The van der Waals surface area contributed by atoms with E-state index >= 15 is 0 Å². The average molecular weight is 414 g/mol. The van der Waals surface area contributed by atoms with E-state index in [4.69, 9.17) is 11.6 Å². The van der Waals surface area contributed by atoms with Gasteiger partial charge in [-0.15, -0.1) is 11.3 Å². The molecule has 142 valence electrons. The quantitative estimate of drug-likeness (QED) is 0.469. The summed E-state index contributed by atoms with van der Waals surface area (Å²) in [6.45, 7) is 2.26. The molecule has 1 amide bonds. The molecule has 0 atom stereocenters. The molecule has 2 heterocycles. The van der Waals surface area contributed by atoms with Crippen molar-refractivity contribution in [3.05, 3.63) is 81.1 Å². The fraction of sp³-hybridized carbons (Fsp3) is 0.143. The standard InChI is InChI=1S/C21H17ClFN3OS/c1-13-25-17(12-28-13)11-26(18-5-3-16(23)4-6-18)21(27)8-14-10-24-20-9-15(22)2-7-19(14)20/h2-7,9-10,12,24H,8,11H2,1H3. The van der Waals surface area contributed by atoms with Crippen molar-refractivity contribution < 1.29 is 9.18 Å². The number of rotatable bonds is 5. The molecule has 0 saturated heterocycles. The smallest absolute Gasteiger partial charge is 0.231 e. The van der Waals surface area contributed by atoms with Crippen molar-refractivity contribution in [2.24, 2.45) is 0 Å². The number of carbonyl (C=O) groups is 1. The van der Waals surface area contributed by atoms with Crippen molar-refractivity contribution in [3.8, 4) is 0 Å². The first-order valence-corrected chi connectivity index (χ1v) is 9.98. The van der Waals surface area contributed by atoms with E-state index < -0.39 is 0 Å². The largest absolute Gasteiger partial charge is 0.361 e. The van der Waals surface area contributed by atoms with Gasteiger partial charge in [-0.05, 0) is 48.9 Å². The molecule has 0 unspecified atom stereocenters. The third-order valence-electron chi connectivity index (χ3n) is 4.50. The van der Waals surface area contributed by atoms with Gasteiger partial charge in [0, 0.05) is 33.2 Å². The lowest BCUT2D eigenvalue weighted by Gasteiger charge is -2.22. The fourth-order valence-corrected chi connectivity index (χ4v) is 3.93. The van der Waals surface area contributed by atoms with E-state index in [2.05, 4.69) is 9.97 Å². The van der Waals surface area contributed by atoms with Gasteiger partial charge in [0.1, 0.15) is 5.82 Å². The number of nitrogens with one attached hydrogen (secondary N) is 1. The van der Waals surface area contributed by atoms with Crippen LogP contribution in [0.1, 0.15) is 16.3 Å². The lowest BCUT2D eigenvalue weighted by molar-refractivity contribution is -0.118. The number of thiazole rings is 1. The molecule has 0 fully saturated rings. The van der Waals surface area contributed by atoms with E-state index in [-0.39, 0.29) is 18.1 Å². The van der Waals surface area contributed by atoms with E-state index in [1.807, 2.05) is 36.7 Å². The Morgan fingerprint density at radius 3 is 2.75 bits per heavy atom. The number of H-pyrrole nitrogens is 1. The summed E-state index contributed by atoms with van der Waals surface area (Å²) in [5, 5.41) is 4.47. The molecule has 4 rings (SSSR count). The predicted octanol–water partition coefficient (Wildman–Crippen LogP) is 5.50. The van der Waals surface area contributed by atoms with Gasteiger partial charge in [0.15, 0.2) is 0 Å². The van der Waals surface area contributed by atoms with Crippen LogP contribution in [-0.4, -0.2) is 15.9 Å². The van der Waals surface area contributed by atoms with Crippen LogP contribution in [-0.2, 0) is 17.8 Å². The summed E-state index contributed by atoms with van der Waals surface area (Å²) in [6, 6.07) is 11.5. The third kappa shape index (κ3) is 3.93. The molecule has 2 aromatic carbocycles. The molecule has 0 saturated carbocycles. The van der Waals surface area contributed by atoms with Crippen LogP contribution in [0.15, 0.2) is 54.0 Å². The average Bonchev–Trinajstić information content (AvgIpc) is 3.26. The first-order valence-electron chi connectivity index (χ1n) is 8.72. The van der Waals surface area contributed by atoms with Gasteiger partial charge in [-0.1, -0.05) is 17.7 Å². The molecule has 28 heavy (non-hydrogen) atoms. The van der Waals surface area contributed by atoms with Crippen molar-refractivity contribution in [2.75, 3.05) is 4.90 Å². The monoisotopic (exact) mass is 413 g/mol. The number of aryl methyl sites for hydroxylation is 1. The third-order valence-corrected chi connectivity index (χ3v) is 5.55. The number of aromatic amines is 1. The molecule has 0 spiro atoms. The first-order chi connectivity index (χ1) is 13.5. The van der Waals surface area contributed by atoms with Gasteiger partial charge in [0.2, 0.25) is 5.91 Å². The van der Waals surface area contributed by atoms with E-state index in [1.165, 1.54) is 23.5 Å². The minimum Gasteiger partial charge on any atom is -0.361 e. The zero-order valence-electron chi connectivity index (χ0n) is 15.1. The van der Waals surface area contributed by atoms with E-state index in [0.29, 0.717) is 17.3 Å². The maximum atomic E-state index is 13.4. The molecule has 0 bridgehead atoms. The summed E-state index contributed by atoms with van der Waals surface area (Å²) in [6.07, 6.45) is 2.04. The first kappa shape index (κ1) is 18.7. The summed E-state index contributed by atoms with van der Waals surface area (Å²) in [4.78, 5) is 22.4. The molecule has 7 heteroatoms. The molecular weight excluding hydrogens is 397 g/mol. The SMILES string of the molecule is Cc1nc(CN(C(=O)Cc2c[nH]c3cc(Cl)ccc23)c2ccc(F)cc2)cs1. The number of hydrogen-bond donors (Lipinski definition) is 1. The Balaban J connectivity index is 1.64. The molecule has 4 aromatic rings. The van der Waals surface area contributed by atoms with Crippen LogP contribution in [0.3, 0.4) is 0 Å². The number of amides is 1. The number of fused-ring (bicyclic) bond motifs is 1. The molecule has 1 N–H and O–H groups in total. The van der Waals surface area contributed by atoms with Gasteiger partial charge < -0.3 is 9.88 Å². The second-order valence-electron chi connectivity index (χ2n) is 6.49. The van der Waals surface area contributed by atoms with Crippen LogP contribution in [0.25, 0.3) is 10.9 Å². The van der Waals surface area contributed by atoms with Gasteiger partial charge in [0.05, 0.1) is 23.7 Å². The highest BCUT2D eigenvalue weighted by Gasteiger charge is 2.19. The second kappa shape index (κ2) is 7.73. The lowest BCUT2D eigenvalue weighted by atomic mass is 10.1. The fourth-order valence-electron chi connectivity index (χ4n) is 3.15. The van der Waals surface area contributed by atoms with Gasteiger partial charge in [-0.25, -0.2) is 9.37 Å². The predicted molar refractivity (Wildman–Crippen MR) is 111 cm³/mol. The molecule has 0 aliphatic carbocycles. The number of halogens is 2. The van der Waals surface area contributed by atoms with Crippen LogP contribution < -0.4 is 4.90 Å². The van der Waals surface area contributed by atoms with Gasteiger partial charge in [0.25, 0.3) is 0 Å².